The van der Waals surface area contributed by atoms with Crippen molar-refractivity contribution >= 4 is 5.91 Å². The number of carbonyl (C=O) groups is 1. The highest BCUT2D eigenvalue weighted by Gasteiger charge is 2.09. The normalized spacial score (nSPS) is 13.5. The molecule has 90 valence electrons. The van der Waals surface area contributed by atoms with Crippen LogP contribution in [0.15, 0.2) is 30.3 Å². The van der Waals surface area contributed by atoms with Gasteiger partial charge in [-0.3, -0.25) is 4.79 Å². The van der Waals surface area contributed by atoms with Crippen LogP contribution in [0.25, 0.3) is 0 Å². The molecular formula is C14H18N2O. The number of nitrogens with one attached hydrogen (secondary N) is 1. The summed E-state index contributed by atoms with van der Waals surface area (Å²) in [5, 5.41) is 2.71. The number of benzene rings is 1. The predicted octanol–water partition coefficient (Wildman–Crippen LogP) is 1.60. The second-order valence-corrected chi connectivity index (χ2v) is 4.01. The van der Waals surface area contributed by atoms with Crippen molar-refractivity contribution in [3.05, 3.63) is 35.9 Å². The summed E-state index contributed by atoms with van der Waals surface area (Å²) in [6.07, 6.45) is 6.19. The summed E-state index contributed by atoms with van der Waals surface area (Å²) < 4.78 is 0. The van der Waals surface area contributed by atoms with E-state index in [1.165, 1.54) is 0 Å². The maximum atomic E-state index is 11.5. The fourth-order valence-corrected chi connectivity index (χ4v) is 1.51. The molecule has 0 saturated carbocycles. The standard InChI is InChI=1S/C14H18N2O/c1-3-11(2)16-14(17)10-9-13(15)12-7-5-4-6-8-12/h1,4-8,11,13H,9-10,15H2,2H3,(H,16,17). The van der Waals surface area contributed by atoms with Crippen molar-refractivity contribution < 1.29 is 4.79 Å². The Labute approximate surface area is 102 Å². The minimum absolute atomic E-state index is 0.0539. The van der Waals surface area contributed by atoms with E-state index in [1.807, 2.05) is 30.3 Å². The fraction of sp³-hybridized carbons (Fsp3) is 0.357. The van der Waals surface area contributed by atoms with Crippen LogP contribution in [0.1, 0.15) is 31.4 Å². The lowest BCUT2D eigenvalue weighted by Crippen LogP contribution is -2.31. The molecule has 0 spiro atoms. The number of carbonyl (C=O) groups excluding carboxylic acids is 1. The Morgan fingerprint density at radius 3 is 2.71 bits per heavy atom. The topological polar surface area (TPSA) is 55.1 Å². The van der Waals surface area contributed by atoms with Crippen LogP contribution >= 0.6 is 0 Å². The molecule has 0 aliphatic heterocycles. The molecule has 0 aromatic heterocycles. The Hall–Kier alpha value is -1.79. The lowest BCUT2D eigenvalue weighted by atomic mass is 10.0. The largest absolute Gasteiger partial charge is 0.343 e. The van der Waals surface area contributed by atoms with E-state index < -0.39 is 0 Å². The van der Waals surface area contributed by atoms with E-state index >= 15 is 0 Å². The molecule has 1 aromatic rings. The van der Waals surface area contributed by atoms with Crippen LogP contribution < -0.4 is 11.1 Å². The van der Waals surface area contributed by atoms with Crippen molar-refractivity contribution in [3.63, 3.8) is 0 Å². The van der Waals surface area contributed by atoms with Gasteiger partial charge < -0.3 is 11.1 Å². The summed E-state index contributed by atoms with van der Waals surface area (Å²) in [5.74, 6) is 2.40. The highest BCUT2D eigenvalue weighted by molar-refractivity contribution is 5.76. The van der Waals surface area contributed by atoms with Gasteiger partial charge >= 0.3 is 0 Å². The Kier molecular flexibility index (Phi) is 5.25. The number of nitrogens with two attached hydrogens (primary N) is 1. The van der Waals surface area contributed by atoms with E-state index in [2.05, 4.69) is 11.2 Å². The number of hydrogen-bond donors (Lipinski definition) is 2. The molecule has 2 unspecified atom stereocenters. The molecule has 3 heteroatoms. The third-order valence-corrected chi connectivity index (χ3v) is 2.54. The molecule has 3 nitrogen and oxygen atoms in total. The van der Waals surface area contributed by atoms with E-state index in [0.717, 1.165) is 5.56 Å². The second kappa shape index (κ2) is 6.72. The molecule has 0 bridgehead atoms. The van der Waals surface area contributed by atoms with Gasteiger partial charge in [0, 0.05) is 12.5 Å². The van der Waals surface area contributed by atoms with Crippen molar-refractivity contribution in [2.45, 2.75) is 31.8 Å². The molecule has 0 fully saturated rings. The van der Waals surface area contributed by atoms with Gasteiger partial charge in [0.05, 0.1) is 6.04 Å². The first-order valence-corrected chi connectivity index (χ1v) is 5.69. The molecular weight excluding hydrogens is 212 g/mol. The minimum Gasteiger partial charge on any atom is -0.343 e. The van der Waals surface area contributed by atoms with Gasteiger partial charge in [-0.25, -0.2) is 0 Å². The number of rotatable bonds is 5. The van der Waals surface area contributed by atoms with Crippen molar-refractivity contribution in [1.29, 1.82) is 0 Å². The molecule has 0 radical (unpaired) electrons. The molecule has 1 amide bonds. The maximum Gasteiger partial charge on any atom is 0.221 e. The molecule has 2 atom stereocenters. The van der Waals surface area contributed by atoms with Crippen LogP contribution in [-0.4, -0.2) is 11.9 Å². The van der Waals surface area contributed by atoms with Gasteiger partial charge in [-0.15, -0.1) is 6.42 Å². The van der Waals surface area contributed by atoms with Crippen molar-refractivity contribution in [1.82, 2.24) is 5.32 Å². The van der Waals surface area contributed by atoms with Gasteiger partial charge in [-0.05, 0) is 18.9 Å². The third-order valence-electron chi connectivity index (χ3n) is 2.54. The summed E-state index contributed by atoms with van der Waals surface area (Å²) in [6, 6.07) is 9.42. The van der Waals surface area contributed by atoms with Gasteiger partial charge in [0.25, 0.3) is 0 Å². The number of hydrogen-bond acceptors (Lipinski definition) is 2. The summed E-state index contributed by atoms with van der Waals surface area (Å²) in [7, 11) is 0. The summed E-state index contributed by atoms with van der Waals surface area (Å²) in [6.45, 7) is 1.77. The average Bonchev–Trinajstić information content (AvgIpc) is 2.36. The molecule has 0 heterocycles. The zero-order chi connectivity index (χ0) is 12.7. The highest BCUT2D eigenvalue weighted by atomic mass is 16.1. The lowest BCUT2D eigenvalue weighted by Gasteiger charge is -2.12. The highest BCUT2D eigenvalue weighted by Crippen LogP contribution is 2.14. The molecule has 0 saturated heterocycles. The predicted molar refractivity (Wildman–Crippen MR) is 69.0 cm³/mol. The van der Waals surface area contributed by atoms with Gasteiger partial charge in [0.15, 0.2) is 0 Å². The number of terminal acetylenes is 1. The van der Waals surface area contributed by atoms with Crippen LogP contribution in [0, 0.1) is 12.3 Å². The van der Waals surface area contributed by atoms with Gasteiger partial charge in [-0.2, -0.15) is 0 Å². The molecule has 1 rings (SSSR count). The fourth-order valence-electron chi connectivity index (χ4n) is 1.51. The summed E-state index contributed by atoms with van der Waals surface area (Å²) in [5.41, 5.74) is 7.03. The molecule has 3 N–H and O–H groups in total. The first-order chi connectivity index (χ1) is 8.13. The van der Waals surface area contributed by atoms with Gasteiger partial charge in [0.1, 0.15) is 0 Å². The van der Waals surface area contributed by atoms with E-state index in [0.29, 0.717) is 12.8 Å². The van der Waals surface area contributed by atoms with E-state index in [1.54, 1.807) is 6.92 Å². The van der Waals surface area contributed by atoms with Gasteiger partial charge in [-0.1, -0.05) is 36.3 Å². The van der Waals surface area contributed by atoms with Crippen molar-refractivity contribution in [3.8, 4) is 12.3 Å². The zero-order valence-electron chi connectivity index (χ0n) is 10.0. The number of amides is 1. The van der Waals surface area contributed by atoms with E-state index in [4.69, 9.17) is 12.2 Å². The Morgan fingerprint density at radius 2 is 2.12 bits per heavy atom. The van der Waals surface area contributed by atoms with Crippen LogP contribution in [0.5, 0.6) is 0 Å². The first kappa shape index (κ1) is 13.3. The van der Waals surface area contributed by atoms with Crippen molar-refractivity contribution in [2.24, 2.45) is 5.73 Å². The molecule has 0 aliphatic rings. The quantitative estimate of drug-likeness (QED) is 0.755. The van der Waals surface area contributed by atoms with E-state index in [-0.39, 0.29) is 18.0 Å². The second-order valence-electron chi connectivity index (χ2n) is 4.01. The van der Waals surface area contributed by atoms with E-state index in [9.17, 15) is 4.79 Å². The average molecular weight is 230 g/mol. The Balaban J connectivity index is 2.37. The molecule has 1 aromatic carbocycles. The van der Waals surface area contributed by atoms with Crippen LogP contribution in [-0.2, 0) is 4.79 Å². The Morgan fingerprint density at radius 1 is 1.47 bits per heavy atom. The van der Waals surface area contributed by atoms with Crippen LogP contribution in [0.4, 0.5) is 0 Å². The zero-order valence-corrected chi connectivity index (χ0v) is 10.0. The lowest BCUT2D eigenvalue weighted by molar-refractivity contribution is -0.121. The minimum atomic E-state index is -0.226. The first-order valence-electron chi connectivity index (χ1n) is 5.69. The summed E-state index contributed by atoms with van der Waals surface area (Å²) >= 11 is 0. The summed E-state index contributed by atoms with van der Waals surface area (Å²) in [4.78, 5) is 11.5. The van der Waals surface area contributed by atoms with Crippen LogP contribution in [0.2, 0.25) is 0 Å². The monoisotopic (exact) mass is 230 g/mol. The van der Waals surface area contributed by atoms with Gasteiger partial charge in [0.2, 0.25) is 5.91 Å². The third kappa shape index (κ3) is 4.71. The molecule has 0 aliphatic carbocycles. The van der Waals surface area contributed by atoms with Crippen molar-refractivity contribution in [2.75, 3.05) is 0 Å². The SMILES string of the molecule is C#CC(C)NC(=O)CCC(N)c1ccccc1. The smallest absolute Gasteiger partial charge is 0.221 e. The Bertz CT molecular complexity index is 394. The van der Waals surface area contributed by atoms with Crippen LogP contribution in [0.3, 0.4) is 0 Å². The molecule has 17 heavy (non-hydrogen) atoms. The maximum absolute atomic E-state index is 11.5.